The van der Waals surface area contributed by atoms with Crippen LogP contribution in [0.1, 0.15) is 29.7 Å². The zero-order valence-electron chi connectivity index (χ0n) is 10.4. The second-order valence-electron chi connectivity index (χ2n) is 4.84. The molecule has 2 rings (SSSR count). The van der Waals surface area contributed by atoms with Crippen LogP contribution in [-0.4, -0.2) is 24.0 Å². The largest absolute Gasteiger partial charge is 0.351 e. The lowest BCUT2D eigenvalue weighted by atomic mass is 9.80. The first kappa shape index (κ1) is 12.5. The van der Waals surface area contributed by atoms with E-state index in [-0.39, 0.29) is 11.3 Å². The number of aryl methyl sites for hydroxylation is 1. The zero-order chi connectivity index (χ0) is 12.3. The molecule has 0 atom stereocenters. The van der Waals surface area contributed by atoms with Gasteiger partial charge in [-0.2, -0.15) is 0 Å². The normalized spacial score (nSPS) is 18.9. The van der Waals surface area contributed by atoms with Crippen molar-refractivity contribution in [2.75, 3.05) is 13.1 Å². The molecule has 1 amide bonds. The molecule has 94 valence electrons. The van der Waals surface area contributed by atoms with Gasteiger partial charge in [-0.15, -0.1) is 11.3 Å². The Bertz CT molecular complexity index is 396. The average Bonchev–Trinajstić information content (AvgIpc) is 2.73. The smallest absolute Gasteiger partial charge is 0.226 e. The first-order chi connectivity index (χ1) is 8.10. The van der Waals surface area contributed by atoms with E-state index in [9.17, 15) is 4.79 Å². The second-order valence-corrected chi connectivity index (χ2v) is 6.16. The SMILES string of the molecule is Cc1ncc(CNC(=O)C2(C)CCNCC2)s1. The maximum Gasteiger partial charge on any atom is 0.226 e. The maximum atomic E-state index is 12.1. The molecular formula is C12H19N3OS. The first-order valence-corrected chi connectivity index (χ1v) is 6.82. The molecule has 1 saturated heterocycles. The Morgan fingerprint density at radius 3 is 2.88 bits per heavy atom. The summed E-state index contributed by atoms with van der Waals surface area (Å²) in [6, 6.07) is 0. The van der Waals surface area contributed by atoms with Gasteiger partial charge in [0.25, 0.3) is 0 Å². The summed E-state index contributed by atoms with van der Waals surface area (Å²) in [5.41, 5.74) is -0.203. The predicted molar refractivity (Wildman–Crippen MR) is 68.9 cm³/mol. The molecule has 0 aliphatic carbocycles. The summed E-state index contributed by atoms with van der Waals surface area (Å²) in [7, 11) is 0. The lowest BCUT2D eigenvalue weighted by Gasteiger charge is -2.32. The van der Waals surface area contributed by atoms with Crippen LogP contribution in [0.15, 0.2) is 6.20 Å². The molecule has 0 spiro atoms. The molecule has 0 bridgehead atoms. The van der Waals surface area contributed by atoms with Gasteiger partial charge in [-0.25, -0.2) is 4.98 Å². The number of nitrogens with one attached hydrogen (secondary N) is 2. The van der Waals surface area contributed by atoms with E-state index in [1.54, 1.807) is 11.3 Å². The van der Waals surface area contributed by atoms with Crippen LogP contribution >= 0.6 is 11.3 Å². The van der Waals surface area contributed by atoms with Gasteiger partial charge in [0.05, 0.1) is 11.6 Å². The van der Waals surface area contributed by atoms with Gasteiger partial charge in [0.15, 0.2) is 0 Å². The predicted octanol–water partition coefficient (Wildman–Crippen LogP) is 1.46. The molecule has 2 N–H and O–H groups in total. The highest BCUT2D eigenvalue weighted by atomic mass is 32.1. The quantitative estimate of drug-likeness (QED) is 0.857. The van der Waals surface area contributed by atoms with Crippen molar-refractivity contribution in [1.29, 1.82) is 0 Å². The number of hydrogen-bond acceptors (Lipinski definition) is 4. The summed E-state index contributed by atoms with van der Waals surface area (Å²) in [5, 5.41) is 7.35. The Balaban J connectivity index is 1.88. The molecule has 2 heterocycles. The minimum absolute atomic E-state index is 0.171. The number of carbonyl (C=O) groups is 1. The van der Waals surface area contributed by atoms with Crippen LogP contribution in [0.5, 0.6) is 0 Å². The van der Waals surface area contributed by atoms with Crippen molar-refractivity contribution in [3.05, 3.63) is 16.1 Å². The third kappa shape index (κ3) is 3.04. The minimum Gasteiger partial charge on any atom is -0.351 e. The van der Waals surface area contributed by atoms with Crippen LogP contribution in [0.3, 0.4) is 0 Å². The Hall–Kier alpha value is -0.940. The van der Waals surface area contributed by atoms with E-state index in [0.717, 1.165) is 35.8 Å². The van der Waals surface area contributed by atoms with Crippen molar-refractivity contribution in [1.82, 2.24) is 15.6 Å². The number of rotatable bonds is 3. The van der Waals surface area contributed by atoms with Gasteiger partial charge in [-0.1, -0.05) is 6.92 Å². The van der Waals surface area contributed by atoms with Crippen LogP contribution in [0.4, 0.5) is 0 Å². The van der Waals surface area contributed by atoms with Crippen LogP contribution < -0.4 is 10.6 Å². The molecule has 0 aromatic carbocycles. The average molecular weight is 253 g/mol. The number of amides is 1. The van der Waals surface area contributed by atoms with E-state index < -0.39 is 0 Å². The van der Waals surface area contributed by atoms with E-state index in [1.165, 1.54) is 0 Å². The standard InChI is InChI=1S/C12H19N3OS/c1-9-14-7-10(17-9)8-15-11(16)12(2)3-5-13-6-4-12/h7,13H,3-6,8H2,1-2H3,(H,15,16). The molecule has 5 heteroatoms. The lowest BCUT2D eigenvalue weighted by Crippen LogP contribution is -2.45. The molecule has 0 unspecified atom stereocenters. The summed E-state index contributed by atoms with van der Waals surface area (Å²) in [6.07, 6.45) is 3.67. The third-order valence-electron chi connectivity index (χ3n) is 3.35. The number of hydrogen-bond donors (Lipinski definition) is 2. The van der Waals surface area contributed by atoms with Crippen molar-refractivity contribution in [2.24, 2.45) is 5.41 Å². The van der Waals surface area contributed by atoms with Crippen molar-refractivity contribution in [3.63, 3.8) is 0 Å². The van der Waals surface area contributed by atoms with Crippen molar-refractivity contribution in [3.8, 4) is 0 Å². The summed E-state index contributed by atoms with van der Waals surface area (Å²) in [4.78, 5) is 17.4. The molecule has 1 aromatic heterocycles. The highest BCUT2D eigenvalue weighted by Crippen LogP contribution is 2.28. The van der Waals surface area contributed by atoms with E-state index in [1.807, 2.05) is 13.1 Å². The minimum atomic E-state index is -0.203. The number of thiazole rings is 1. The molecule has 1 aromatic rings. The zero-order valence-corrected chi connectivity index (χ0v) is 11.2. The molecular weight excluding hydrogens is 234 g/mol. The second kappa shape index (κ2) is 5.14. The van der Waals surface area contributed by atoms with Crippen LogP contribution in [0, 0.1) is 12.3 Å². The monoisotopic (exact) mass is 253 g/mol. The number of nitrogens with zero attached hydrogens (tertiary/aromatic N) is 1. The number of carbonyl (C=O) groups excluding carboxylic acids is 1. The van der Waals surface area contributed by atoms with Gasteiger partial charge in [0.1, 0.15) is 0 Å². The number of piperidine rings is 1. The summed E-state index contributed by atoms with van der Waals surface area (Å²) >= 11 is 1.64. The van der Waals surface area contributed by atoms with Crippen molar-refractivity contribution in [2.45, 2.75) is 33.2 Å². The Kier molecular flexibility index (Phi) is 3.79. The fourth-order valence-electron chi connectivity index (χ4n) is 2.07. The van der Waals surface area contributed by atoms with E-state index in [2.05, 4.69) is 22.5 Å². The fraction of sp³-hybridized carbons (Fsp3) is 0.667. The van der Waals surface area contributed by atoms with Crippen molar-refractivity contribution < 1.29 is 4.79 Å². The molecule has 0 saturated carbocycles. The molecule has 4 nitrogen and oxygen atoms in total. The molecule has 1 fully saturated rings. The highest BCUT2D eigenvalue weighted by molar-refractivity contribution is 7.11. The molecule has 1 aliphatic heterocycles. The highest BCUT2D eigenvalue weighted by Gasteiger charge is 2.34. The summed E-state index contributed by atoms with van der Waals surface area (Å²) in [5.74, 6) is 0.171. The van der Waals surface area contributed by atoms with E-state index in [0.29, 0.717) is 6.54 Å². The summed E-state index contributed by atoms with van der Waals surface area (Å²) < 4.78 is 0. The molecule has 0 radical (unpaired) electrons. The van der Waals surface area contributed by atoms with Gasteiger partial charge in [-0.3, -0.25) is 4.79 Å². The topological polar surface area (TPSA) is 54.0 Å². The van der Waals surface area contributed by atoms with Crippen LogP contribution in [0.2, 0.25) is 0 Å². The van der Waals surface area contributed by atoms with E-state index in [4.69, 9.17) is 0 Å². The molecule has 1 aliphatic rings. The van der Waals surface area contributed by atoms with Crippen LogP contribution in [-0.2, 0) is 11.3 Å². The Morgan fingerprint density at radius 1 is 1.59 bits per heavy atom. The summed E-state index contributed by atoms with van der Waals surface area (Å²) in [6.45, 7) is 6.51. The van der Waals surface area contributed by atoms with Crippen molar-refractivity contribution >= 4 is 17.2 Å². The third-order valence-corrected chi connectivity index (χ3v) is 4.26. The molecule has 17 heavy (non-hydrogen) atoms. The number of aromatic nitrogens is 1. The van der Waals surface area contributed by atoms with Crippen LogP contribution in [0.25, 0.3) is 0 Å². The van der Waals surface area contributed by atoms with E-state index >= 15 is 0 Å². The fourth-order valence-corrected chi connectivity index (χ4v) is 2.81. The van der Waals surface area contributed by atoms with Gasteiger partial charge in [0.2, 0.25) is 5.91 Å². The van der Waals surface area contributed by atoms with Gasteiger partial charge < -0.3 is 10.6 Å². The Morgan fingerprint density at radius 2 is 2.29 bits per heavy atom. The Labute approximate surface area is 106 Å². The van der Waals surface area contributed by atoms with Gasteiger partial charge >= 0.3 is 0 Å². The lowest BCUT2D eigenvalue weighted by molar-refractivity contribution is -0.131. The maximum absolute atomic E-state index is 12.1. The first-order valence-electron chi connectivity index (χ1n) is 6.00. The van der Waals surface area contributed by atoms with Gasteiger partial charge in [0, 0.05) is 16.5 Å². The van der Waals surface area contributed by atoms with Gasteiger partial charge in [-0.05, 0) is 32.9 Å².